The molecule has 1 aromatic rings. The number of hydrogen-bond donors (Lipinski definition) is 2. The number of piperazine rings is 1. The first-order valence-corrected chi connectivity index (χ1v) is 9.19. The average Bonchev–Trinajstić information content (AvgIpc) is 2.66. The smallest absolute Gasteiger partial charge is 0.410 e. The molecule has 1 aliphatic heterocycles. The molecule has 0 atom stereocenters. The number of carbonyl (C=O) groups excluding carboxylic acids is 4. The van der Waals surface area contributed by atoms with Gasteiger partial charge in [-0.25, -0.2) is 9.59 Å². The van der Waals surface area contributed by atoms with Crippen molar-refractivity contribution in [3.05, 3.63) is 35.9 Å². The highest BCUT2D eigenvalue weighted by Crippen LogP contribution is 2.06. The van der Waals surface area contributed by atoms with Gasteiger partial charge in [0.05, 0.1) is 6.42 Å². The van der Waals surface area contributed by atoms with Gasteiger partial charge in [-0.1, -0.05) is 30.3 Å². The Morgan fingerprint density at radius 1 is 1.04 bits per heavy atom. The molecular weight excluding hydrogens is 364 g/mol. The summed E-state index contributed by atoms with van der Waals surface area (Å²) in [5, 5.41) is 4.68. The van der Waals surface area contributed by atoms with Crippen molar-refractivity contribution in [1.29, 1.82) is 0 Å². The van der Waals surface area contributed by atoms with Gasteiger partial charge in [-0.15, -0.1) is 0 Å². The van der Waals surface area contributed by atoms with E-state index < -0.39 is 11.9 Å². The lowest BCUT2D eigenvalue weighted by molar-refractivity contribution is -0.126. The molecule has 0 aromatic heterocycles. The van der Waals surface area contributed by atoms with Gasteiger partial charge in [-0.3, -0.25) is 19.8 Å². The van der Waals surface area contributed by atoms with E-state index in [0.717, 1.165) is 5.56 Å². The van der Waals surface area contributed by atoms with Crippen LogP contribution in [0.4, 0.5) is 9.59 Å². The zero-order valence-corrected chi connectivity index (χ0v) is 16.0. The number of imide groups is 1. The van der Waals surface area contributed by atoms with E-state index in [9.17, 15) is 19.2 Å². The highest BCUT2D eigenvalue weighted by Gasteiger charge is 2.22. The Morgan fingerprint density at radius 2 is 1.71 bits per heavy atom. The van der Waals surface area contributed by atoms with E-state index in [-0.39, 0.29) is 24.9 Å². The van der Waals surface area contributed by atoms with Crippen molar-refractivity contribution >= 4 is 23.8 Å². The van der Waals surface area contributed by atoms with Crippen LogP contribution < -0.4 is 10.6 Å². The number of ketones is 1. The summed E-state index contributed by atoms with van der Waals surface area (Å²) in [4.78, 5) is 49.6. The minimum atomic E-state index is -0.618. The average molecular weight is 390 g/mol. The van der Waals surface area contributed by atoms with Crippen LogP contribution in [-0.4, -0.2) is 72.9 Å². The van der Waals surface area contributed by atoms with Gasteiger partial charge in [0.15, 0.2) is 0 Å². The normalized spacial score (nSPS) is 14.2. The second-order valence-corrected chi connectivity index (χ2v) is 6.55. The summed E-state index contributed by atoms with van der Waals surface area (Å²) >= 11 is 0. The number of nitrogens with one attached hydrogen (secondary N) is 2. The van der Waals surface area contributed by atoms with Crippen molar-refractivity contribution in [2.45, 2.75) is 20.0 Å². The summed E-state index contributed by atoms with van der Waals surface area (Å²) in [6.45, 7) is 4.95. The van der Waals surface area contributed by atoms with E-state index in [0.29, 0.717) is 39.3 Å². The van der Waals surface area contributed by atoms with Gasteiger partial charge in [0.1, 0.15) is 12.4 Å². The molecule has 28 heavy (non-hydrogen) atoms. The first-order chi connectivity index (χ1) is 13.4. The molecule has 0 radical (unpaired) electrons. The summed E-state index contributed by atoms with van der Waals surface area (Å²) in [5.41, 5.74) is 0.945. The fourth-order valence-corrected chi connectivity index (χ4v) is 2.73. The maximum Gasteiger partial charge on any atom is 0.410 e. The van der Waals surface area contributed by atoms with Crippen LogP contribution in [0, 0.1) is 0 Å². The first kappa shape index (κ1) is 21.4. The number of Topliss-reactive ketones (excluding diaryl/α,β-unsaturated/α-hetero) is 1. The number of amides is 4. The van der Waals surface area contributed by atoms with Gasteiger partial charge in [-0.2, -0.15) is 0 Å². The molecule has 152 valence electrons. The molecule has 9 nitrogen and oxygen atoms in total. The molecular formula is C19H26N4O5. The van der Waals surface area contributed by atoms with E-state index in [1.54, 1.807) is 4.90 Å². The number of nitrogens with zero attached hydrogens (tertiary/aromatic N) is 2. The SMILES string of the molecule is CC(=O)CC(=O)NC(=O)NCCN1CCN(C(=O)OCc2ccccc2)CC1. The molecule has 2 rings (SSSR count). The molecule has 0 aliphatic carbocycles. The highest BCUT2D eigenvalue weighted by molar-refractivity contribution is 6.03. The molecule has 4 amide bonds. The fourth-order valence-electron chi connectivity index (χ4n) is 2.73. The Labute approximate surface area is 164 Å². The van der Waals surface area contributed by atoms with Crippen LogP contribution in [0.2, 0.25) is 0 Å². The Balaban J connectivity index is 1.59. The van der Waals surface area contributed by atoms with E-state index >= 15 is 0 Å². The van der Waals surface area contributed by atoms with Crippen LogP contribution in [0.5, 0.6) is 0 Å². The third-order valence-corrected chi connectivity index (χ3v) is 4.21. The molecule has 1 fully saturated rings. The third kappa shape index (κ3) is 7.75. The molecule has 1 aromatic carbocycles. The summed E-state index contributed by atoms with van der Waals surface area (Å²) in [5.74, 6) is -0.918. The maximum absolute atomic E-state index is 12.1. The topological polar surface area (TPSA) is 108 Å². The molecule has 1 heterocycles. The minimum Gasteiger partial charge on any atom is -0.445 e. The number of hydrogen-bond acceptors (Lipinski definition) is 6. The Kier molecular flexibility index (Phi) is 8.41. The lowest BCUT2D eigenvalue weighted by atomic mass is 10.2. The Bertz CT molecular complexity index is 687. The predicted octanol–water partition coefficient (Wildman–Crippen LogP) is 0.746. The van der Waals surface area contributed by atoms with E-state index in [1.165, 1.54) is 6.92 Å². The van der Waals surface area contributed by atoms with Gasteiger partial charge >= 0.3 is 12.1 Å². The summed E-state index contributed by atoms with van der Waals surface area (Å²) in [6, 6.07) is 8.90. The number of rotatable bonds is 7. The van der Waals surface area contributed by atoms with Crippen molar-refractivity contribution < 1.29 is 23.9 Å². The standard InChI is InChI=1S/C19H26N4O5/c1-15(24)13-17(25)21-18(26)20-7-8-22-9-11-23(12-10-22)19(27)28-14-16-5-3-2-4-6-16/h2-6H,7-14H2,1H3,(H2,20,21,25,26). The van der Waals surface area contributed by atoms with Crippen molar-refractivity contribution in [2.24, 2.45) is 0 Å². The van der Waals surface area contributed by atoms with Crippen molar-refractivity contribution in [2.75, 3.05) is 39.3 Å². The molecule has 1 aliphatic rings. The van der Waals surface area contributed by atoms with Crippen molar-refractivity contribution in [3.8, 4) is 0 Å². The van der Waals surface area contributed by atoms with E-state index in [2.05, 4.69) is 15.5 Å². The summed E-state index contributed by atoms with van der Waals surface area (Å²) in [6.07, 6.45) is -0.638. The van der Waals surface area contributed by atoms with Crippen molar-refractivity contribution in [1.82, 2.24) is 20.4 Å². The quantitative estimate of drug-likeness (QED) is 0.665. The van der Waals surface area contributed by atoms with Gasteiger partial charge in [0.25, 0.3) is 0 Å². The highest BCUT2D eigenvalue weighted by atomic mass is 16.6. The van der Waals surface area contributed by atoms with Gasteiger partial charge in [0, 0.05) is 39.3 Å². The van der Waals surface area contributed by atoms with Gasteiger partial charge < -0.3 is 15.0 Å². The van der Waals surface area contributed by atoms with Crippen LogP contribution in [-0.2, 0) is 20.9 Å². The van der Waals surface area contributed by atoms with Gasteiger partial charge in [-0.05, 0) is 12.5 Å². The zero-order chi connectivity index (χ0) is 20.4. The summed E-state index contributed by atoms with van der Waals surface area (Å²) < 4.78 is 5.33. The second-order valence-electron chi connectivity index (χ2n) is 6.55. The van der Waals surface area contributed by atoms with Crippen LogP contribution in [0.15, 0.2) is 30.3 Å². The van der Waals surface area contributed by atoms with Crippen molar-refractivity contribution in [3.63, 3.8) is 0 Å². The second kappa shape index (κ2) is 11.0. The van der Waals surface area contributed by atoms with Gasteiger partial charge in [0.2, 0.25) is 5.91 Å². The molecule has 0 spiro atoms. The molecule has 0 unspecified atom stereocenters. The third-order valence-electron chi connectivity index (χ3n) is 4.21. The lowest BCUT2D eigenvalue weighted by Crippen LogP contribution is -2.51. The zero-order valence-electron chi connectivity index (χ0n) is 16.0. The predicted molar refractivity (Wildman–Crippen MR) is 101 cm³/mol. The molecule has 1 saturated heterocycles. The van der Waals surface area contributed by atoms with E-state index in [1.807, 2.05) is 30.3 Å². The first-order valence-electron chi connectivity index (χ1n) is 9.19. The monoisotopic (exact) mass is 390 g/mol. The molecule has 9 heteroatoms. The maximum atomic E-state index is 12.1. The number of urea groups is 1. The fraction of sp³-hybridized carbons (Fsp3) is 0.474. The number of benzene rings is 1. The van der Waals surface area contributed by atoms with E-state index in [4.69, 9.17) is 4.74 Å². The molecule has 0 bridgehead atoms. The van der Waals surface area contributed by atoms with Crippen LogP contribution in [0.25, 0.3) is 0 Å². The number of carbonyl (C=O) groups is 4. The van der Waals surface area contributed by atoms with Crippen LogP contribution in [0.1, 0.15) is 18.9 Å². The van der Waals surface area contributed by atoms with Crippen LogP contribution in [0.3, 0.4) is 0 Å². The Morgan fingerprint density at radius 3 is 2.36 bits per heavy atom. The molecule has 0 saturated carbocycles. The largest absolute Gasteiger partial charge is 0.445 e. The lowest BCUT2D eigenvalue weighted by Gasteiger charge is -2.34. The number of ether oxygens (including phenoxy) is 1. The minimum absolute atomic E-state index is 0.251. The van der Waals surface area contributed by atoms with Crippen LogP contribution >= 0.6 is 0 Å². The molecule has 2 N–H and O–H groups in total. The Hall–Kier alpha value is -2.94. The summed E-state index contributed by atoms with van der Waals surface area (Å²) in [7, 11) is 0.